The van der Waals surface area contributed by atoms with Gasteiger partial charge in [0.05, 0.1) is 14.2 Å². The molecule has 1 heterocycles. The first-order valence-corrected chi connectivity index (χ1v) is 6.24. The van der Waals surface area contributed by atoms with Crippen molar-refractivity contribution in [1.29, 1.82) is 0 Å². The van der Waals surface area contributed by atoms with E-state index in [1.165, 1.54) is 0 Å². The minimum absolute atomic E-state index is 0.118. The van der Waals surface area contributed by atoms with E-state index in [0.717, 1.165) is 5.56 Å². The van der Waals surface area contributed by atoms with Crippen molar-refractivity contribution in [2.75, 3.05) is 14.2 Å². The third-order valence-electron chi connectivity index (χ3n) is 3.12. The predicted octanol–water partition coefficient (Wildman–Crippen LogP) is 1.01. The molecule has 2 N–H and O–H groups in total. The third kappa shape index (κ3) is 2.63. The number of nitrogens with one attached hydrogen (secondary N) is 2. The molecule has 1 unspecified atom stereocenters. The molecular formula is C13H16N2O3S. The average molecular weight is 280 g/mol. The largest absolute Gasteiger partial charge is 0.493 e. The Balaban J connectivity index is 2.24. The summed E-state index contributed by atoms with van der Waals surface area (Å²) in [5.41, 5.74) is 0.240. The van der Waals surface area contributed by atoms with Gasteiger partial charge in [-0.25, -0.2) is 0 Å². The van der Waals surface area contributed by atoms with Crippen LogP contribution in [-0.4, -0.2) is 30.8 Å². The molecule has 0 bridgehead atoms. The van der Waals surface area contributed by atoms with Crippen molar-refractivity contribution in [2.24, 2.45) is 0 Å². The molecule has 2 rings (SSSR count). The van der Waals surface area contributed by atoms with E-state index in [2.05, 4.69) is 10.6 Å². The van der Waals surface area contributed by atoms with Crippen LogP contribution < -0.4 is 20.1 Å². The Kier molecular flexibility index (Phi) is 3.61. The van der Waals surface area contributed by atoms with E-state index in [1.54, 1.807) is 14.2 Å². The van der Waals surface area contributed by atoms with Gasteiger partial charge in [0.25, 0.3) is 5.91 Å². The first-order chi connectivity index (χ1) is 8.98. The molecule has 1 saturated heterocycles. The van der Waals surface area contributed by atoms with Gasteiger partial charge in [0.15, 0.2) is 16.6 Å². The molecule has 1 aliphatic heterocycles. The van der Waals surface area contributed by atoms with E-state index in [0.29, 0.717) is 23.0 Å². The predicted molar refractivity (Wildman–Crippen MR) is 75.5 cm³/mol. The summed E-state index contributed by atoms with van der Waals surface area (Å²) in [5, 5.41) is 5.97. The van der Waals surface area contributed by atoms with Crippen LogP contribution in [0.2, 0.25) is 0 Å². The van der Waals surface area contributed by atoms with Gasteiger partial charge in [-0.2, -0.15) is 0 Å². The number of carbonyl (C=O) groups is 1. The highest BCUT2D eigenvalue weighted by molar-refractivity contribution is 7.80. The first-order valence-electron chi connectivity index (χ1n) is 5.83. The van der Waals surface area contributed by atoms with Crippen molar-refractivity contribution in [3.63, 3.8) is 0 Å². The van der Waals surface area contributed by atoms with E-state index < -0.39 is 5.54 Å². The molecule has 0 radical (unpaired) electrons. The Hall–Kier alpha value is -1.82. The minimum atomic E-state index is -0.726. The number of benzene rings is 1. The second kappa shape index (κ2) is 5.05. The quantitative estimate of drug-likeness (QED) is 0.806. The standard InChI is InChI=1S/C13H16N2O3S/c1-13(11(16)14-12(19)15-13)7-8-4-5-9(17-2)10(6-8)18-3/h4-6H,7H2,1-3H3,(H2,14,15,16,19). The molecule has 1 aromatic carbocycles. The van der Waals surface area contributed by atoms with Gasteiger partial charge < -0.3 is 20.1 Å². The zero-order valence-electron chi connectivity index (χ0n) is 11.1. The summed E-state index contributed by atoms with van der Waals surface area (Å²) in [6.07, 6.45) is 0.513. The van der Waals surface area contributed by atoms with Crippen LogP contribution in [0.15, 0.2) is 18.2 Å². The van der Waals surface area contributed by atoms with E-state index in [4.69, 9.17) is 21.7 Å². The van der Waals surface area contributed by atoms with E-state index in [1.807, 2.05) is 25.1 Å². The molecule has 0 aliphatic carbocycles. The van der Waals surface area contributed by atoms with Crippen molar-refractivity contribution >= 4 is 23.2 Å². The van der Waals surface area contributed by atoms with Gasteiger partial charge in [-0.3, -0.25) is 4.79 Å². The smallest absolute Gasteiger partial charge is 0.251 e. The molecule has 102 valence electrons. The van der Waals surface area contributed by atoms with Gasteiger partial charge >= 0.3 is 0 Å². The molecule has 0 spiro atoms. The fraction of sp³-hybridized carbons (Fsp3) is 0.385. The Morgan fingerprint density at radius 2 is 1.95 bits per heavy atom. The summed E-state index contributed by atoms with van der Waals surface area (Å²) in [7, 11) is 3.17. The van der Waals surface area contributed by atoms with Gasteiger partial charge in [-0.15, -0.1) is 0 Å². The topological polar surface area (TPSA) is 59.6 Å². The Morgan fingerprint density at radius 3 is 2.47 bits per heavy atom. The van der Waals surface area contributed by atoms with E-state index in [9.17, 15) is 4.79 Å². The zero-order valence-corrected chi connectivity index (χ0v) is 11.9. The third-order valence-corrected chi connectivity index (χ3v) is 3.33. The Labute approximate surface area is 117 Å². The maximum atomic E-state index is 11.9. The molecule has 0 saturated carbocycles. The summed E-state index contributed by atoms with van der Waals surface area (Å²) in [5.74, 6) is 1.19. The maximum absolute atomic E-state index is 11.9. The molecule has 1 aliphatic rings. The van der Waals surface area contributed by atoms with Crippen molar-refractivity contribution in [3.8, 4) is 11.5 Å². The SMILES string of the molecule is COc1ccc(CC2(C)NC(=S)NC2=O)cc1OC. The fourth-order valence-corrected chi connectivity index (χ4v) is 2.42. The second-order valence-corrected chi connectivity index (χ2v) is 5.01. The normalized spacial score (nSPS) is 21.8. The van der Waals surface area contributed by atoms with Crippen LogP contribution >= 0.6 is 12.2 Å². The molecule has 19 heavy (non-hydrogen) atoms. The molecular weight excluding hydrogens is 264 g/mol. The summed E-state index contributed by atoms with van der Waals surface area (Å²) in [4.78, 5) is 11.9. The molecule has 6 heteroatoms. The van der Waals surface area contributed by atoms with Gasteiger partial charge in [0.2, 0.25) is 0 Å². The summed E-state index contributed by atoms with van der Waals surface area (Å²) in [6, 6.07) is 5.59. The van der Waals surface area contributed by atoms with Crippen LogP contribution in [0.1, 0.15) is 12.5 Å². The van der Waals surface area contributed by atoms with Crippen molar-refractivity contribution < 1.29 is 14.3 Å². The lowest BCUT2D eigenvalue weighted by atomic mass is 9.93. The highest BCUT2D eigenvalue weighted by Crippen LogP contribution is 2.29. The van der Waals surface area contributed by atoms with Crippen LogP contribution in [-0.2, 0) is 11.2 Å². The minimum Gasteiger partial charge on any atom is -0.493 e. The van der Waals surface area contributed by atoms with Gasteiger partial charge in [-0.05, 0) is 36.8 Å². The maximum Gasteiger partial charge on any atom is 0.251 e. The lowest BCUT2D eigenvalue weighted by Crippen LogP contribution is -2.45. The van der Waals surface area contributed by atoms with Crippen molar-refractivity contribution in [2.45, 2.75) is 18.9 Å². The van der Waals surface area contributed by atoms with Gasteiger partial charge in [-0.1, -0.05) is 6.07 Å². The van der Waals surface area contributed by atoms with E-state index in [-0.39, 0.29) is 5.91 Å². The number of hydrogen-bond acceptors (Lipinski definition) is 4. The highest BCUT2D eigenvalue weighted by Gasteiger charge is 2.40. The molecule has 1 fully saturated rings. The van der Waals surface area contributed by atoms with Gasteiger partial charge in [0.1, 0.15) is 5.54 Å². The summed E-state index contributed by atoms with van der Waals surface area (Å²) in [6.45, 7) is 1.82. The first kappa shape index (κ1) is 13.6. The van der Waals surface area contributed by atoms with Crippen molar-refractivity contribution in [1.82, 2.24) is 10.6 Å². The molecule has 1 atom stereocenters. The number of ether oxygens (including phenoxy) is 2. The lowest BCUT2D eigenvalue weighted by molar-refractivity contribution is -0.123. The molecule has 0 aromatic heterocycles. The van der Waals surface area contributed by atoms with Crippen molar-refractivity contribution in [3.05, 3.63) is 23.8 Å². The summed E-state index contributed by atoms with van der Waals surface area (Å²) < 4.78 is 10.4. The monoisotopic (exact) mass is 280 g/mol. The van der Waals surface area contributed by atoms with Crippen LogP contribution in [0.25, 0.3) is 0 Å². The average Bonchev–Trinajstić information content (AvgIpc) is 2.62. The number of carbonyl (C=O) groups excluding carboxylic acids is 1. The van der Waals surface area contributed by atoms with Crippen LogP contribution in [0, 0.1) is 0 Å². The molecule has 5 nitrogen and oxygen atoms in total. The number of rotatable bonds is 4. The van der Waals surface area contributed by atoms with Gasteiger partial charge in [0, 0.05) is 6.42 Å². The number of hydrogen-bond donors (Lipinski definition) is 2. The number of methoxy groups -OCH3 is 2. The number of amides is 1. The second-order valence-electron chi connectivity index (χ2n) is 4.61. The Bertz CT molecular complexity index is 533. The molecule has 1 aromatic rings. The lowest BCUT2D eigenvalue weighted by Gasteiger charge is -2.21. The van der Waals surface area contributed by atoms with Crippen LogP contribution in [0.5, 0.6) is 11.5 Å². The number of thiocarbonyl (C=S) groups is 1. The highest BCUT2D eigenvalue weighted by atomic mass is 32.1. The van der Waals surface area contributed by atoms with Crippen LogP contribution in [0.3, 0.4) is 0 Å². The van der Waals surface area contributed by atoms with E-state index >= 15 is 0 Å². The van der Waals surface area contributed by atoms with Crippen LogP contribution in [0.4, 0.5) is 0 Å². The molecule has 1 amide bonds. The fourth-order valence-electron chi connectivity index (χ4n) is 2.10. The Morgan fingerprint density at radius 1 is 1.26 bits per heavy atom. The summed E-state index contributed by atoms with van der Waals surface area (Å²) >= 11 is 4.96. The zero-order chi connectivity index (χ0) is 14.0.